The number of ether oxygens (including phenoxy) is 1. The summed E-state index contributed by atoms with van der Waals surface area (Å²) in [5, 5.41) is 15.4. The number of thioether (sulfide) groups is 1. The SMILES string of the molecule is COc1ccc(Cn2nnnc2SCc2csc(N(C(C)=O)c3ccc(C)cc3C)n2)cc1. The number of methoxy groups -OCH3 is 1. The fourth-order valence-corrected chi connectivity index (χ4v) is 5.12. The second-order valence-electron chi connectivity index (χ2n) is 7.52. The fraction of sp³-hybridized carbons (Fsp3) is 0.261. The number of rotatable bonds is 8. The molecule has 0 aliphatic rings. The summed E-state index contributed by atoms with van der Waals surface area (Å²) in [6, 6.07) is 13.9. The van der Waals surface area contributed by atoms with Crippen LogP contribution in [0.5, 0.6) is 5.75 Å². The molecule has 33 heavy (non-hydrogen) atoms. The van der Waals surface area contributed by atoms with Crippen LogP contribution in [0, 0.1) is 13.8 Å². The van der Waals surface area contributed by atoms with Crippen LogP contribution < -0.4 is 9.64 Å². The highest BCUT2D eigenvalue weighted by molar-refractivity contribution is 7.98. The lowest BCUT2D eigenvalue weighted by atomic mass is 10.1. The molecule has 0 aliphatic carbocycles. The molecule has 8 nitrogen and oxygen atoms in total. The maximum absolute atomic E-state index is 12.4. The number of anilines is 2. The van der Waals surface area contributed by atoms with Gasteiger partial charge in [-0.2, -0.15) is 0 Å². The van der Waals surface area contributed by atoms with Crippen LogP contribution in [0.15, 0.2) is 53.0 Å². The van der Waals surface area contributed by atoms with Gasteiger partial charge in [-0.1, -0.05) is 41.6 Å². The molecule has 2 aromatic carbocycles. The number of nitrogens with zero attached hydrogens (tertiary/aromatic N) is 6. The maximum Gasteiger partial charge on any atom is 0.230 e. The van der Waals surface area contributed by atoms with Crippen molar-refractivity contribution in [3.63, 3.8) is 0 Å². The average Bonchev–Trinajstić information content (AvgIpc) is 3.44. The number of aromatic nitrogens is 5. The van der Waals surface area contributed by atoms with Crippen LogP contribution >= 0.6 is 23.1 Å². The number of aryl methyl sites for hydroxylation is 2. The Balaban J connectivity index is 1.46. The third-order valence-corrected chi connectivity index (χ3v) is 6.84. The summed E-state index contributed by atoms with van der Waals surface area (Å²) in [7, 11) is 1.65. The molecule has 0 saturated carbocycles. The minimum absolute atomic E-state index is 0.0704. The third kappa shape index (κ3) is 5.40. The Morgan fingerprint density at radius 1 is 1.18 bits per heavy atom. The number of carbonyl (C=O) groups excluding carboxylic acids is 1. The third-order valence-electron chi connectivity index (χ3n) is 4.98. The first-order chi connectivity index (χ1) is 15.9. The lowest BCUT2D eigenvalue weighted by molar-refractivity contribution is -0.115. The van der Waals surface area contributed by atoms with E-state index in [0.29, 0.717) is 22.6 Å². The van der Waals surface area contributed by atoms with E-state index in [-0.39, 0.29) is 5.91 Å². The molecule has 0 radical (unpaired) electrons. The minimum atomic E-state index is -0.0704. The van der Waals surface area contributed by atoms with Gasteiger partial charge in [0.15, 0.2) is 5.13 Å². The van der Waals surface area contributed by atoms with Crippen molar-refractivity contribution in [2.75, 3.05) is 12.0 Å². The summed E-state index contributed by atoms with van der Waals surface area (Å²) < 4.78 is 6.97. The van der Waals surface area contributed by atoms with E-state index < -0.39 is 0 Å². The predicted molar refractivity (Wildman–Crippen MR) is 130 cm³/mol. The molecular weight excluding hydrogens is 456 g/mol. The normalized spacial score (nSPS) is 10.9. The van der Waals surface area contributed by atoms with E-state index in [1.165, 1.54) is 23.1 Å². The maximum atomic E-state index is 12.4. The van der Waals surface area contributed by atoms with Gasteiger partial charge in [-0.15, -0.1) is 16.4 Å². The second-order valence-corrected chi connectivity index (χ2v) is 9.30. The van der Waals surface area contributed by atoms with Crippen LogP contribution in [-0.2, 0) is 17.1 Å². The molecule has 4 rings (SSSR count). The summed E-state index contributed by atoms with van der Waals surface area (Å²) in [6.07, 6.45) is 0. The first kappa shape index (κ1) is 22.9. The molecule has 2 heterocycles. The van der Waals surface area contributed by atoms with Crippen molar-refractivity contribution in [2.24, 2.45) is 0 Å². The molecule has 0 bridgehead atoms. The van der Waals surface area contributed by atoms with Crippen LogP contribution in [0.4, 0.5) is 10.8 Å². The topological polar surface area (TPSA) is 86.0 Å². The smallest absolute Gasteiger partial charge is 0.230 e. The Bertz CT molecular complexity index is 1250. The Labute approximate surface area is 200 Å². The lowest BCUT2D eigenvalue weighted by Crippen LogP contribution is -2.23. The van der Waals surface area contributed by atoms with E-state index >= 15 is 0 Å². The zero-order valence-electron chi connectivity index (χ0n) is 18.8. The minimum Gasteiger partial charge on any atom is -0.497 e. The molecule has 10 heteroatoms. The largest absolute Gasteiger partial charge is 0.497 e. The summed E-state index contributed by atoms with van der Waals surface area (Å²) in [4.78, 5) is 18.8. The van der Waals surface area contributed by atoms with E-state index in [0.717, 1.165) is 33.8 Å². The van der Waals surface area contributed by atoms with Gasteiger partial charge in [0, 0.05) is 18.1 Å². The number of thiazole rings is 1. The van der Waals surface area contributed by atoms with Gasteiger partial charge >= 0.3 is 0 Å². The van der Waals surface area contributed by atoms with Crippen LogP contribution in [0.25, 0.3) is 0 Å². The fourth-order valence-electron chi connectivity index (χ4n) is 3.37. The molecule has 170 valence electrons. The molecule has 4 aromatic rings. The number of hydrogen-bond donors (Lipinski definition) is 0. The Hall–Kier alpha value is -3.24. The van der Waals surface area contributed by atoms with Gasteiger partial charge in [-0.3, -0.25) is 9.69 Å². The van der Waals surface area contributed by atoms with Crippen molar-refractivity contribution in [3.05, 3.63) is 70.2 Å². The quantitative estimate of drug-likeness (QED) is 0.336. The molecule has 0 N–H and O–H groups in total. The van der Waals surface area contributed by atoms with Crippen LogP contribution in [0.3, 0.4) is 0 Å². The zero-order valence-corrected chi connectivity index (χ0v) is 20.5. The van der Waals surface area contributed by atoms with Crippen molar-refractivity contribution in [1.82, 2.24) is 25.2 Å². The summed E-state index contributed by atoms with van der Waals surface area (Å²) in [5.74, 6) is 1.33. The summed E-state index contributed by atoms with van der Waals surface area (Å²) in [5.41, 5.74) is 4.99. The van der Waals surface area contributed by atoms with Gasteiger partial charge in [0.25, 0.3) is 0 Å². The van der Waals surface area contributed by atoms with Crippen molar-refractivity contribution < 1.29 is 9.53 Å². The molecule has 0 fully saturated rings. The molecular formula is C23H24N6O2S2. The van der Waals surface area contributed by atoms with Gasteiger partial charge in [0.2, 0.25) is 11.1 Å². The van der Waals surface area contributed by atoms with E-state index in [2.05, 4.69) is 21.6 Å². The van der Waals surface area contributed by atoms with Gasteiger partial charge in [0.05, 0.1) is 25.0 Å². The highest BCUT2D eigenvalue weighted by atomic mass is 32.2. The van der Waals surface area contributed by atoms with E-state index in [4.69, 9.17) is 9.72 Å². The Morgan fingerprint density at radius 3 is 2.67 bits per heavy atom. The van der Waals surface area contributed by atoms with Gasteiger partial charge in [0.1, 0.15) is 5.75 Å². The first-order valence-corrected chi connectivity index (χ1v) is 12.2. The van der Waals surface area contributed by atoms with Crippen LogP contribution in [0.2, 0.25) is 0 Å². The predicted octanol–water partition coefficient (Wildman–Crippen LogP) is 4.78. The highest BCUT2D eigenvalue weighted by Gasteiger charge is 2.20. The van der Waals surface area contributed by atoms with Crippen LogP contribution in [0.1, 0.15) is 29.3 Å². The van der Waals surface area contributed by atoms with Crippen LogP contribution in [-0.4, -0.2) is 38.2 Å². The molecule has 0 aliphatic heterocycles. The number of amides is 1. The molecule has 2 aromatic heterocycles. The Morgan fingerprint density at radius 2 is 1.97 bits per heavy atom. The number of tetrazole rings is 1. The number of carbonyl (C=O) groups is 1. The Kier molecular flexibility index (Phi) is 7.05. The van der Waals surface area contributed by atoms with Gasteiger partial charge in [-0.05, 0) is 53.6 Å². The van der Waals surface area contributed by atoms with Gasteiger partial charge in [-0.25, -0.2) is 9.67 Å². The average molecular weight is 481 g/mol. The lowest BCUT2D eigenvalue weighted by Gasteiger charge is -2.20. The van der Waals surface area contributed by atoms with E-state index in [9.17, 15) is 4.79 Å². The molecule has 0 spiro atoms. The van der Waals surface area contributed by atoms with Crippen molar-refractivity contribution in [3.8, 4) is 5.75 Å². The second kappa shape index (κ2) is 10.1. The molecule has 0 saturated heterocycles. The number of hydrogen-bond acceptors (Lipinski definition) is 8. The zero-order chi connectivity index (χ0) is 23.4. The monoisotopic (exact) mass is 480 g/mol. The van der Waals surface area contributed by atoms with Crippen molar-refractivity contribution in [2.45, 2.75) is 38.2 Å². The highest BCUT2D eigenvalue weighted by Crippen LogP contribution is 2.33. The molecule has 0 atom stereocenters. The van der Waals surface area contributed by atoms with E-state index in [1.807, 2.05) is 55.6 Å². The van der Waals surface area contributed by atoms with Crippen molar-refractivity contribution in [1.29, 1.82) is 0 Å². The summed E-state index contributed by atoms with van der Waals surface area (Å²) in [6.45, 7) is 6.16. The standard InChI is InChI=1S/C23H24N6O2S2/c1-15-5-10-21(16(2)11-15)29(17(3)30)22-24-19(13-32-22)14-33-23-25-26-27-28(23)12-18-6-8-20(31-4)9-7-18/h5-11,13H,12,14H2,1-4H3. The summed E-state index contributed by atoms with van der Waals surface area (Å²) >= 11 is 2.96. The molecule has 1 amide bonds. The number of benzene rings is 2. The van der Waals surface area contributed by atoms with Crippen molar-refractivity contribution >= 4 is 39.8 Å². The first-order valence-electron chi connectivity index (χ1n) is 10.3. The van der Waals surface area contributed by atoms with E-state index in [1.54, 1.807) is 23.6 Å². The van der Waals surface area contributed by atoms with Gasteiger partial charge < -0.3 is 4.74 Å². The molecule has 0 unspecified atom stereocenters.